The van der Waals surface area contributed by atoms with Crippen LogP contribution in [0.2, 0.25) is 0 Å². The van der Waals surface area contributed by atoms with E-state index < -0.39 is 5.97 Å². The first-order chi connectivity index (χ1) is 10.6. The Labute approximate surface area is 137 Å². The number of benzene rings is 1. The molecule has 1 aromatic carbocycles. The minimum absolute atomic E-state index is 0.384. The van der Waals surface area contributed by atoms with E-state index in [1.165, 1.54) is 32.9 Å². The second-order valence-corrected chi connectivity index (χ2v) is 7.10. The maximum Gasteiger partial charge on any atom is 0.345 e. The van der Waals surface area contributed by atoms with Crippen LogP contribution in [0.4, 0.5) is 0 Å². The molecule has 1 N–H and O–H groups in total. The molecule has 22 heavy (non-hydrogen) atoms. The van der Waals surface area contributed by atoms with Crippen molar-refractivity contribution in [2.24, 2.45) is 0 Å². The summed E-state index contributed by atoms with van der Waals surface area (Å²) in [4.78, 5) is 13.8. The average molecular weight is 328 g/mol. The number of aromatic carboxylic acids is 1. The molecular weight excluding hydrogens is 312 g/mol. The van der Waals surface area contributed by atoms with E-state index in [-0.39, 0.29) is 0 Å². The highest BCUT2D eigenvalue weighted by Gasteiger charge is 2.15. The van der Waals surface area contributed by atoms with E-state index in [0.717, 1.165) is 16.9 Å². The first-order valence-electron chi connectivity index (χ1n) is 7.11. The molecule has 0 atom stereocenters. The Morgan fingerprint density at radius 3 is 2.45 bits per heavy atom. The third-order valence-electron chi connectivity index (χ3n) is 3.82. The molecule has 2 heterocycles. The lowest BCUT2D eigenvalue weighted by Gasteiger charge is -2.14. The normalized spacial score (nSPS) is 10.8. The van der Waals surface area contributed by atoms with E-state index in [9.17, 15) is 4.79 Å². The Bertz CT molecular complexity index is 814. The smallest absolute Gasteiger partial charge is 0.345 e. The van der Waals surface area contributed by atoms with Gasteiger partial charge in [0.15, 0.2) is 0 Å². The number of carboxylic acid groups (broad SMARTS) is 1. The van der Waals surface area contributed by atoms with Gasteiger partial charge < -0.3 is 5.11 Å². The van der Waals surface area contributed by atoms with Crippen LogP contribution in [0.3, 0.4) is 0 Å². The molecule has 0 saturated carbocycles. The fourth-order valence-corrected chi connectivity index (χ4v) is 4.45. The van der Waals surface area contributed by atoms with Crippen LogP contribution in [0.1, 0.15) is 27.7 Å². The third-order valence-corrected chi connectivity index (χ3v) is 5.83. The SMILES string of the molecule is CCc1c(-c2cccs2)ccc(-c2ccc(C(=O)O)s2)c1C. The number of hydrogen-bond donors (Lipinski definition) is 1. The van der Waals surface area contributed by atoms with Crippen molar-refractivity contribution in [3.8, 4) is 20.9 Å². The van der Waals surface area contributed by atoms with Crippen molar-refractivity contribution >= 4 is 28.6 Å². The summed E-state index contributed by atoms with van der Waals surface area (Å²) in [6.07, 6.45) is 0.962. The summed E-state index contributed by atoms with van der Waals surface area (Å²) in [5, 5.41) is 11.2. The van der Waals surface area contributed by atoms with Gasteiger partial charge in [-0.1, -0.05) is 25.1 Å². The van der Waals surface area contributed by atoms with E-state index in [4.69, 9.17) is 5.11 Å². The van der Waals surface area contributed by atoms with Gasteiger partial charge in [-0.05, 0) is 59.2 Å². The molecule has 0 bridgehead atoms. The molecule has 0 saturated heterocycles. The van der Waals surface area contributed by atoms with Crippen LogP contribution in [0.5, 0.6) is 0 Å². The Hall–Kier alpha value is -1.91. The summed E-state index contributed by atoms with van der Waals surface area (Å²) in [6, 6.07) is 12.1. The minimum Gasteiger partial charge on any atom is -0.477 e. The molecule has 0 spiro atoms. The van der Waals surface area contributed by atoms with Crippen molar-refractivity contribution < 1.29 is 9.90 Å². The fourth-order valence-electron chi connectivity index (χ4n) is 2.74. The lowest BCUT2D eigenvalue weighted by atomic mass is 9.93. The van der Waals surface area contributed by atoms with Gasteiger partial charge in [-0.2, -0.15) is 0 Å². The van der Waals surface area contributed by atoms with Crippen molar-refractivity contribution in [1.29, 1.82) is 0 Å². The number of carboxylic acids is 1. The third kappa shape index (κ3) is 2.60. The largest absolute Gasteiger partial charge is 0.477 e. The molecule has 0 aliphatic carbocycles. The predicted molar refractivity (Wildman–Crippen MR) is 94.1 cm³/mol. The molecule has 4 heteroatoms. The zero-order chi connectivity index (χ0) is 15.7. The van der Waals surface area contributed by atoms with Gasteiger partial charge in [0.1, 0.15) is 4.88 Å². The van der Waals surface area contributed by atoms with Crippen LogP contribution < -0.4 is 0 Å². The van der Waals surface area contributed by atoms with E-state index in [0.29, 0.717) is 4.88 Å². The van der Waals surface area contributed by atoms with Gasteiger partial charge in [0, 0.05) is 9.75 Å². The van der Waals surface area contributed by atoms with Crippen LogP contribution in [0, 0.1) is 6.92 Å². The van der Waals surface area contributed by atoms with E-state index in [2.05, 4.69) is 43.5 Å². The van der Waals surface area contributed by atoms with Gasteiger partial charge in [0.25, 0.3) is 0 Å². The number of hydrogen-bond acceptors (Lipinski definition) is 3. The maximum atomic E-state index is 11.1. The molecule has 0 aliphatic heterocycles. The fraction of sp³-hybridized carbons (Fsp3) is 0.167. The molecule has 112 valence electrons. The van der Waals surface area contributed by atoms with E-state index in [1.807, 2.05) is 6.07 Å². The molecule has 3 rings (SSSR count). The topological polar surface area (TPSA) is 37.3 Å². The summed E-state index contributed by atoms with van der Waals surface area (Å²) < 4.78 is 0. The molecule has 0 amide bonds. The number of carbonyl (C=O) groups is 1. The van der Waals surface area contributed by atoms with E-state index in [1.54, 1.807) is 17.4 Å². The second kappa shape index (κ2) is 6.07. The predicted octanol–water partition coefficient (Wildman–Crippen LogP) is 5.71. The van der Waals surface area contributed by atoms with Crippen LogP contribution in [-0.4, -0.2) is 11.1 Å². The van der Waals surface area contributed by atoms with Crippen molar-refractivity contribution in [2.75, 3.05) is 0 Å². The van der Waals surface area contributed by atoms with Gasteiger partial charge >= 0.3 is 5.97 Å². The quantitative estimate of drug-likeness (QED) is 0.666. The molecule has 0 unspecified atom stereocenters. The molecular formula is C18H16O2S2. The molecule has 0 aliphatic rings. The first-order valence-corrected chi connectivity index (χ1v) is 8.81. The van der Waals surface area contributed by atoms with Gasteiger partial charge in [-0.15, -0.1) is 22.7 Å². The second-order valence-electron chi connectivity index (χ2n) is 5.06. The number of thiophene rings is 2. The zero-order valence-electron chi connectivity index (χ0n) is 12.4. The molecule has 2 aromatic heterocycles. The molecule has 3 aromatic rings. The summed E-state index contributed by atoms with van der Waals surface area (Å²) in [7, 11) is 0. The maximum absolute atomic E-state index is 11.1. The van der Waals surface area contributed by atoms with Crippen molar-refractivity contribution in [3.63, 3.8) is 0 Å². The highest BCUT2D eigenvalue weighted by atomic mass is 32.1. The summed E-state index contributed by atoms with van der Waals surface area (Å²) in [6.45, 7) is 4.30. The van der Waals surface area contributed by atoms with Crippen molar-refractivity contribution in [1.82, 2.24) is 0 Å². The minimum atomic E-state index is -0.861. The highest BCUT2D eigenvalue weighted by molar-refractivity contribution is 7.17. The van der Waals surface area contributed by atoms with Crippen LogP contribution in [-0.2, 0) is 6.42 Å². The van der Waals surface area contributed by atoms with Gasteiger partial charge in [0.2, 0.25) is 0 Å². The molecule has 2 nitrogen and oxygen atoms in total. The highest BCUT2D eigenvalue weighted by Crippen LogP contribution is 2.37. The lowest BCUT2D eigenvalue weighted by molar-refractivity contribution is 0.0702. The Balaban J connectivity index is 2.12. The molecule has 0 radical (unpaired) electrons. The first kappa shape index (κ1) is 15.0. The standard InChI is InChI=1S/C18H16O2S2/c1-3-12-11(2)13(16-8-9-17(22-16)18(19)20)6-7-14(12)15-5-4-10-21-15/h4-10H,3H2,1-2H3,(H,19,20). The van der Waals surface area contributed by atoms with Crippen molar-refractivity contribution in [3.05, 3.63) is 57.8 Å². The monoisotopic (exact) mass is 328 g/mol. The summed E-state index contributed by atoms with van der Waals surface area (Å²) in [5.41, 5.74) is 5.00. The van der Waals surface area contributed by atoms with Gasteiger partial charge in [-0.3, -0.25) is 0 Å². The van der Waals surface area contributed by atoms with Crippen LogP contribution >= 0.6 is 22.7 Å². The zero-order valence-corrected chi connectivity index (χ0v) is 14.1. The Morgan fingerprint density at radius 2 is 1.86 bits per heavy atom. The Morgan fingerprint density at radius 1 is 1.09 bits per heavy atom. The van der Waals surface area contributed by atoms with Crippen LogP contribution in [0.15, 0.2) is 41.8 Å². The molecule has 0 fully saturated rings. The Kier molecular flexibility index (Phi) is 4.14. The lowest BCUT2D eigenvalue weighted by Crippen LogP contribution is -1.93. The summed E-state index contributed by atoms with van der Waals surface area (Å²) >= 11 is 3.08. The number of rotatable bonds is 4. The van der Waals surface area contributed by atoms with Crippen molar-refractivity contribution in [2.45, 2.75) is 20.3 Å². The van der Waals surface area contributed by atoms with Gasteiger partial charge in [0.05, 0.1) is 0 Å². The van der Waals surface area contributed by atoms with Crippen LogP contribution in [0.25, 0.3) is 20.9 Å². The average Bonchev–Trinajstić information content (AvgIpc) is 3.18. The van der Waals surface area contributed by atoms with E-state index >= 15 is 0 Å². The summed E-state index contributed by atoms with van der Waals surface area (Å²) in [5.74, 6) is -0.861. The van der Waals surface area contributed by atoms with Gasteiger partial charge in [-0.25, -0.2) is 4.79 Å².